The molecule has 0 saturated carbocycles. The average molecular weight is 328 g/mol. The summed E-state index contributed by atoms with van der Waals surface area (Å²) < 4.78 is 23.4. The van der Waals surface area contributed by atoms with Crippen LogP contribution in [-0.4, -0.2) is 24.5 Å². The minimum absolute atomic E-state index is 0.102. The van der Waals surface area contributed by atoms with E-state index in [1.165, 1.54) is 11.8 Å². The summed E-state index contributed by atoms with van der Waals surface area (Å²) in [6, 6.07) is 0. The monoisotopic (exact) mass is 327 g/mol. The highest BCUT2D eigenvalue weighted by Gasteiger charge is 2.23. The van der Waals surface area contributed by atoms with Crippen molar-refractivity contribution in [1.29, 1.82) is 0 Å². The molecule has 0 aromatic rings. The summed E-state index contributed by atoms with van der Waals surface area (Å²) in [4.78, 5) is 4.27. The van der Waals surface area contributed by atoms with Crippen molar-refractivity contribution in [2.75, 3.05) is 19.5 Å². The zero-order valence-electron chi connectivity index (χ0n) is 9.31. The van der Waals surface area contributed by atoms with Crippen LogP contribution in [-0.2, 0) is 13.6 Å². The van der Waals surface area contributed by atoms with Crippen LogP contribution < -0.4 is 0 Å². The van der Waals surface area contributed by atoms with Crippen LogP contribution in [0.1, 0.15) is 20.3 Å². The van der Waals surface area contributed by atoms with Crippen molar-refractivity contribution in [2.45, 2.75) is 20.3 Å². The van der Waals surface area contributed by atoms with Crippen LogP contribution in [0.5, 0.6) is 0 Å². The Balaban J connectivity index is 2.53. The van der Waals surface area contributed by atoms with E-state index in [2.05, 4.69) is 20.9 Å². The Morgan fingerprint density at radius 2 is 2.12 bits per heavy atom. The lowest BCUT2D eigenvalue weighted by Crippen LogP contribution is -2.00. The average Bonchev–Trinajstić information content (AvgIpc) is 2.62. The third kappa shape index (κ3) is 4.72. The fraction of sp³-hybridized carbons (Fsp3) is 0.667. The van der Waals surface area contributed by atoms with Gasteiger partial charge in [0.05, 0.1) is 22.1 Å². The van der Waals surface area contributed by atoms with E-state index in [0.717, 1.165) is 15.3 Å². The molecule has 1 heterocycles. The van der Waals surface area contributed by atoms with Gasteiger partial charge in [-0.05, 0) is 29.8 Å². The molecule has 1 aliphatic heterocycles. The first-order valence-corrected chi connectivity index (χ1v) is 8.38. The Kier molecular flexibility index (Phi) is 6.29. The summed E-state index contributed by atoms with van der Waals surface area (Å²) in [5.74, 6) is 0. The number of thioether (sulfide) groups is 1. The number of rotatable bonds is 6. The zero-order valence-corrected chi connectivity index (χ0v) is 12.6. The molecule has 0 spiro atoms. The third-order valence-electron chi connectivity index (χ3n) is 1.72. The Hall–Kier alpha value is 0.390. The van der Waals surface area contributed by atoms with Crippen molar-refractivity contribution in [3.63, 3.8) is 0 Å². The molecule has 0 N–H and O–H groups in total. The SMILES string of the molecule is CCOP(=O)(CN=C1CC=C(Br)S1)OCC. The van der Waals surface area contributed by atoms with Crippen molar-refractivity contribution in [3.8, 4) is 0 Å². The maximum atomic E-state index is 12.1. The Labute approximate surface area is 109 Å². The van der Waals surface area contributed by atoms with Gasteiger partial charge in [0.1, 0.15) is 6.29 Å². The minimum atomic E-state index is -3.03. The predicted octanol–water partition coefficient (Wildman–Crippen LogP) is 3.98. The van der Waals surface area contributed by atoms with Crippen LogP contribution in [0.15, 0.2) is 14.9 Å². The third-order valence-corrected chi connectivity index (χ3v) is 5.22. The van der Waals surface area contributed by atoms with Crippen molar-refractivity contribution in [2.24, 2.45) is 4.99 Å². The van der Waals surface area contributed by atoms with E-state index in [0.29, 0.717) is 13.2 Å². The van der Waals surface area contributed by atoms with Crippen molar-refractivity contribution >= 4 is 40.3 Å². The lowest BCUT2D eigenvalue weighted by molar-refractivity contribution is 0.221. The number of hydrogen-bond acceptors (Lipinski definition) is 5. The second-order valence-corrected chi connectivity index (χ2v) is 7.47. The van der Waals surface area contributed by atoms with E-state index in [4.69, 9.17) is 9.05 Å². The number of hydrogen-bond donors (Lipinski definition) is 0. The Morgan fingerprint density at radius 1 is 1.50 bits per heavy atom. The molecule has 0 radical (unpaired) electrons. The van der Waals surface area contributed by atoms with Gasteiger partial charge in [0.25, 0.3) is 0 Å². The van der Waals surface area contributed by atoms with Gasteiger partial charge in [-0.25, -0.2) is 0 Å². The number of aliphatic imine (C=N–C) groups is 1. The summed E-state index contributed by atoms with van der Waals surface area (Å²) in [7, 11) is -3.03. The molecule has 0 aromatic carbocycles. The largest absolute Gasteiger partial charge is 0.351 e. The fourth-order valence-corrected chi connectivity index (χ4v) is 4.01. The Bertz CT molecular complexity index is 336. The molecule has 0 amide bonds. The number of nitrogens with zero attached hydrogens (tertiary/aromatic N) is 1. The second kappa shape index (κ2) is 6.97. The van der Waals surface area contributed by atoms with Gasteiger partial charge in [-0.3, -0.25) is 9.56 Å². The van der Waals surface area contributed by atoms with Gasteiger partial charge in [-0.2, -0.15) is 0 Å². The lowest BCUT2D eigenvalue weighted by atomic mass is 10.5. The van der Waals surface area contributed by atoms with Crippen molar-refractivity contribution in [3.05, 3.63) is 9.89 Å². The van der Waals surface area contributed by atoms with Gasteiger partial charge in [-0.1, -0.05) is 17.8 Å². The van der Waals surface area contributed by atoms with E-state index < -0.39 is 7.60 Å². The summed E-state index contributed by atoms with van der Waals surface area (Å²) >= 11 is 4.91. The van der Waals surface area contributed by atoms with Crippen LogP contribution >= 0.6 is 35.3 Å². The molecule has 16 heavy (non-hydrogen) atoms. The van der Waals surface area contributed by atoms with Crippen LogP contribution in [0.2, 0.25) is 0 Å². The first-order chi connectivity index (χ1) is 7.59. The van der Waals surface area contributed by atoms with Gasteiger partial charge >= 0.3 is 7.60 Å². The molecular weight excluding hydrogens is 313 g/mol. The van der Waals surface area contributed by atoms with E-state index >= 15 is 0 Å². The Morgan fingerprint density at radius 3 is 2.56 bits per heavy atom. The number of halogens is 1. The van der Waals surface area contributed by atoms with Crippen LogP contribution in [0, 0.1) is 0 Å². The summed E-state index contributed by atoms with van der Waals surface area (Å²) in [5.41, 5.74) is 0. The molecule has 0 fully saturated rings. The second-order valence-electron chi connectivity index (χ2n) is 2.95. The van der Waals surface area contributed by atoms with Gasteiger partial charge in [0.15, 0.2) is 0 Å². The van der Waals surface area contributed by atoms with E-state index in [-0.39, 0.29) is 6.29 Å². The van der Waals surface area contributed by atoms with Gasteiger partial charge in [0, 0.05) is 6.42 Å². The van der Waals surface area contributed by atoms with Gasteiger partial charge < -0.3 is 9.05 Å². The lowest BCUT2D eigenvalue weighted by Gasteiger charge is -2.14. The molecule has 4 nitrogen and oxygen atoms in total. The van der Waals surface area contributed by atoms with Crippen LogP contribution in [0.4, 0.5) is 0 Å². The van der Waals surface area contributed by atoms with Crippen molar-refractivity contribution < 1.29 is 13.6 Å². The molecule has 7 heteroatoms. The molecule has 1 aliphatic rings. The normalized spacial score (nSPS) is 19.2. The summed E-state index contributed by atoms with van der Waals surface area (Å²) in [5, 5.41) is 0.937. The topological polar surface area (TPSA) is 47.9 Å². The smallest absolute Gasteiger partial charge is 0.308 e. The quantitative estimate of drug-likeness (QED) is 0.692. The van der Waals surface area contributed by atoms with Crippen molar-refractivity contribution in [1.82, 2.24) is 0 Å². The molecular formula is C9H15BrNO3PS. The predicted molar refractivity (Wildman–Crippen MR) is 72.4 cm³/mol. The highest BCUT2D eigenvalue weighted by Crippen LogP contribution is 2.48. The molecule has 0 saturated heterocycles. The highest BCUT2D eigenvalue weighted by atomic mass is 79.9. The molecule has 1 rings (SSSR count). The van der Waals surface area contributed by atoms with E-state index in [1.54, 1.807) is 13.8 Å². The molecule has 0 bridgehead atoms. The molecule has 0 atom stereocenters. The minimum Gasteiger partial charge on any atom is -0.308 e. The molecule has 0 aliphatic carbocycles. The van der Waals surface area contributed by atoms with Gasteiger partial charge in [-0.15, -0.1) is 0 Å². The van der Waals surface area contributed by atoms with E-state index in [1.807, 2.05) is 6.08 Å². The summed E-state index contributed by atoms with van der Waals surface area (Å²) in [6.07, 6.45) is 2.91. The molecule has 0 unspecified atom stereocenters. The summed E-state index contributed by atoms with van der Waals surface area (Å²) in [6.45, 7) is 4.33. The fourth-order valence-electron chi connectivity index (χ4n) is 1.14. The maximum Gasteiger partial charge on any atom is 0.351 e. The standard InChI is InChI=1S/C9H15BrNO3PS/c1-3-13-15(12,14-4-2)7-11-9-6-5-8(10)16-9/h5H,3-4,6-7H2,1-2H3. The number of allylic oxidation sites excluding steroid dienone is 1. The van der Waals surface area contributed by atoms with E-state index in [9.17, 15) is 4.57 Å². The first-order valence-electron chi connectivity index (χ1n) is 5.04. The first kappa shape index (κ1) is 14.5. The van der Waals surface area contributed by atoms with Crippen LogP contribution in [0.3, 0.4) is 0 Å². The van der Waals surface area contributed by atoms with Crippen LogP contribution in [0.25, 0.3) is 0 Å². The maximum absolute atomic E-state index is 12.1. The zero-order chi connectivity index (χ0) is 12.0. The van der Waals surface area contributed by atoms with Gasteiger partial charge in [0.2, 0.25) is 0 Å². The molecule has 92 valence electrons. The molecule has 0 aromatic heterocycles. The highest BCUT2D eigenvalue weighted by molar-refractivity contribution is 9.14.